The largest absolute Gasteiger partial charge is 0.504 e. The van der Waals surface area contributed by atoms with Gasteiger partial charge in [0.05, 0.1) is 6.61 Å². The minimum atomic E-state index is -0.670. The lowest BCUT2D eigenvalue weighted by atomic mass is 10.1. The number of aryl methyl sites for hydroxylation is 1. The van der Waals surface area contributed by atoms with Gasteiger partial charge in [0.25, 0.3) is 0 Å². The Morgan fingerprint density at radius 2 is 2.10 bits per heavy atom. The lowest BCUT2D eigenvalue weighted by Gasteiger charge is -2.08. The fourth-order valence-corrected chi connectivity index (χ4v) is 3.04. The number of esters is 1. The Morgan fingerprint density at radius 1 is 1.28 bits per heavy atom. The van der Waals surface area contributed by atoms with Gasteiger partial charge in [-0.2, -0.15) is 0 Å². The molecule has 146 valence electrons. The summed E-state index contributed by atoms with van der Waals surface area (Å²) in [5.41, 5.74) is 3.19. The third-order valence-electron chi connectivity index (χ3n) is 4.49. The minimum absolute atomic E-state index is 0.0525. The summed E-state index contributed by atoms with van der Waals surface area (Å²) in [5.74, 6) is -0.131. The Kier molecular flexibility index (Phi) is 4.87. The van der Waals surface area contributed by atoms with E-state index in [1.165, 1.54) is 0 Å². The summed E-state index contributed by atoms with van der Waals surface area (Å²) in [7, 11) is 0. The maximum atomic E-state index is 12.5. The number of aliphatic imine (C=N–C) groups is 1. The highest BCUT2D eigenvalue weighted by Gasteiger charge is 2.27. The topological polar surface area (TPSA) is 97.0 Å². The quantitative estimate of drug-likeness (QED) is 0.605. The summed E-state index contributed by atoms with van der Waals surface area (Å²) in [6.07, 6.45) is 4.92. The van der Waals surface area contributed by atoms with Crippen molar-refractivity contribution in [1.82, 2.24) is 4.98 Å². The molecule has 0 unspecified atom stereocenters. The summed E-state index contributed by atoms with van der Waals surface area (Å²) in [4.78, 5) is 20.9. The lowest BCUT2D eigenvalue weighted by Crippen LogP contribution is -2.06. The first-order valence-corrected chi connectivity index (χ1v) is 9.15. The molecule has 0 amide bonds. The number of fused-ring (bicyclic) bond motifs is 1. The number of rotatable bonds is 5. The van der Waals surface area contributed by atoms with E-state index in [0.29, 0.717) is 5.82 Å². The molecular weight excluding hydrogens is 370 g/mol. The summed E-state index contributed by atoms with van der Waals surface area (Å²) < 4.78 is 10.9. The summed E-state index contributed by atoms with van der Waals surface area (Å²) in [6, 6.07) is 11.2. The molecule has 0 saturated carbocycles. The number of nitrogens with one attached hydrogen (secondary N) is 1. The predicted molar refractivity (Wildman–Crippen MR) is 111 cm³/mol. The number of pyridine rings is 1. The highest BCUT2D eigenvalue weighted by molar-refractivity contribution is 6.21. The van der Waals surface area contributed by atoms with Gasteiger partial charge in [0.2, 0.25) is 5.88 Å². The first-order chi connectivity index (χ1) is 14.1. The Labute approximate surface area is 167 Å². The molecule has 0 bridgehead atoms. The number of aromatic hydroxyl groups is 1. The van der Waals surface area contributed by atoms with Crippen LogP contribution in [-0.4, -0.2) is 28.9 Å². The molecule has 1 aromatic carbocycles. The average molecular weight is 389 g/mol. The smallest absolute Gasteiger partial charge is 0.347 e. The van der Waals surface area contributed by atoms with Crippen LogP contribution >= 0.6 is 0 Å². The number of benzene rings is 1. The number of nitrogens with zero attached hydrogens (tertiary/aromatic N) is 2. The number of anilines is 2. The molecule has 0 radical (unpaired) electrons. The fraction of sp³-hybridized carbons (Fsp3) is 0.136. The van der Waals surface area contributed by atoms with E-state index in [-0.39, 0.29) is 29.6 Å². The zero-order valence-corrected chi connectivity index (χ0v) is 16.0. The van der Waals surface area contributed by atoms with Crippen LogP contribution in [0.25, 0.3) is 11.6 Å². The van der Waals surface area contributed by atoms with Crippen molar-refractivity contribution >= 4 is 41.2 Å². The molecule has 3 aromatic rings. The highest BCUT2D eigenvalue weighted by atomic mass is 16.5. The van der Waals surface area contributed by atoms with Gasteiger partial charge in [-0.1, -0.05) is 18.2 Å². The van der Waals surface area contributed by atoms with Gasteiger partial charge in [-0.15, -0.1) is 0 Å². The van der Waals surface area contributed by atoms with E-state index in [2.05, 4.69) is 15.3 Å². The van der Waals surface area contributed by atoms with Crippen LogP contribution in [0.5, 0.6) is 5.75 Å². The Balaban J connectivity index is 1.78. The van der Waals surface area contributed by atoms with Gasteiger partial charge in [-0.25, -0.2) is 14.8 Å². The van der Waals surface area contributed by atoms with E-state index in [0.717, 1.165) is 22.4 Å². The van der Waals surface area contributed by atoms with Crippen LogP contribution in [0.15, 0.2) is 52.0 Å². The van der Waals surface area contributed by atoms with Crippen LogP contribution in [0.4, 0.5) is 17.4 Å². The zero-order valence-electron chi connectivity index (χ0n) is 16.0. The molecular formula is C22H19N3O4. The maximum absolute atomic E-state index is 12.5. The molecule has 2 aromatic heterocycles. The highest BCUT2D eigenvalue weighted by Crippen LogP contribution is 2.39. The molecule has 0 atom stereocenters. The number of para-hydroxylation sites is 1. The van der Waals surface area contributed by atoms with Crippen molar-refractivity contribution in [1.29, 1.82) is 0 Å². The molecule has 3 heterocycles. The van der Waals surface area contributed by atoms with Gasteiger partial charge < -0.3 is 19.6 Å². The monoisotopic (exact) mass is 389 g/mol. The number of allylic oxidation sites excluding steroid dienone is 1. The van der Waals surface area contributed by atoms with Crippen LogP contribution in [-0.2, 0) is 4.74 Å². The number of hydrogen-bond acceptors (Lipinski definition) is 7. The number of carbonyl (C=O) groups is 1. The molecule has 4 rings (SSSR count). The van der Waals surface area contributed by atoms with Crippen LogP contribution in [0.2, 0.25) is 0 Å². The number of aromatic nitrogens is 1. The van der Waals surface area contributed by atoms with Crippen LogP contribution in [0, 0.1) is 6.92 Å². The van der Waals surface area contributed by atoms with E-state index in [9.17, 15) is 9.90 Å². The van der Waals surface area contributed by atoms with Crippen molar-refractivity contribution in [3.8, 4) is 5.75 Å². The fourth-order valence-electron chi connectivity index (χ4n) is 3.04. The van der Waals surface area contributed by atoms with Gasteiger partial charge in [-0.3, -0.25) is 0 Å². The van der Waals surface area contributed by atoms with Crippen molar-refractivity contribution < 1.29 is 19.1 Å². The van der Waals surface area contributed by atoms with E-state index >= 15 is 0 Å². The summed E-state index contributed by atoms with van der Waals surface area (Å²) in [6.45, 7) is 3.80. The first-order valence-electron chi connectivity index (χ1n) is 9.15. The number of carbonyl (C=O) groups excluding carboxylic acids is 1. The van der Waals surface area contributed by atoms with Gasteiger partial charge >= 0.3 is 5.97 Å². The number of furan rings is 1. The number of ether oxygens (including phenoxy) is 1. The lowest BCUT2D eigenvalue weighted by molar-refractivity contribution is 0.0524. The molecule has 29 heavy (non-hydrogen) atoms. The molecule has 0 aliphatic carbocycles. The number of hydrogen-bond donors (Lipinski definition) is 2. The third kappa shape index (κ3) is 3.50. The van der Waals surface area contributed by atoms with E-state index in [1.807, 2.05) is 37.3 Å². The second-order valence-corrected chi connectivity index (χ2v) is 6.41. The molecule has 0 fully saturated rings. The van der Waals surface area contributed by atoms with Crippen molar-refractivity contribution in [2.75, 3.05) is 11.9 Å². The van der Waals surface area contributed by atoms with Crippen LogP contribution < -0.4 is 5.32 Å². The van der Waals surface area contributed by atoms with Crippen molar-refractivity contribution in [3.05, 3.63) is 65.0 Å². The summed E-state index contributed by atoms with van der Waals surface area (Å²) in [5, 5.41) is 13.8. The SMILES string of the molecule is CCOC(=O)c1c(Nc2ccccc2C)oc(C=C2C=Nc3ncccc32)c1O. The van der Waals surface area contributed by atoms with Crippen molar-refractivity contribution in [2.24, 2.45) is 4.99 Å². The minimum Gasteiger partial charge on any atom is -0.504 e. The Bertz CT molecular complexity index is 1140. The Morgan fingerprint density at radius 3 is 2.90 bits per heavy atom. The van der Waals surface area contributed by atoms with Crippen molar-refractivity contribution in [2.45, 2.75) is 13.8 Å². The summed E-state index contributed by atoms with van der Waals surface area (Å²) >= 11 is 0. The van der Waals surface area contributed by atoms with Crippen LogP contribution in [0.1, 0.15) is 34.2 Å². The van der Waals surface area contributed by atoms with E-state index in [1.54, 1.807) is 31.5 Å². The Hall–Kier alpha value is -3.87. The third-order valence-corrected chi connectivity index (χ3v) is 4.49. The molecule has 7 heteroatoms. The predicted octanol–water partition coefficient (Wildman–Crippen LogP) is 4.87. The van der Waals surface area contributed by atoms with Crippen LogP contribution in [0.3, 0.4) is 0 Å². The average Bonchev–Trinajstić information content (AvgIpc) is 3.25. The molecule has 1 aliphatic rings. The molecule has 0 saturated heterocycles. The van der Waals surface area contributed by atoms with Gasteiger partial charge in [0, 0.05) is 29.2 Å². The first kappa shape index (κ1) is 18.5. The van der Waals surface area contributed by atoms with E-state index < -0.39 is 5.97 Å². The standard InChI is InChI=1S/C22H19N3O4/c1-3-28-22(27)18-19(26)17(11-14-12-24-20-15(14)8-6-10-23-20)29-21(18)25-16-9-5-4-7-13(16)2/h4-12,25-26H,3H2,1-2H3. The van der Waals surface area contributed by atoms with E-state index in [4.69, 9.17) is 9.15 Å². The normalized spacial score (nSPS) is 13.5. The molecule has 0 spiro atoms. The van der Waals surface area contributed by atoms with Gasteiger partial charge in [0.1, 0.15) is 0 Å². The molecule has 1 aliphatic heterocycles. The maximum Gasteiger partial charge on any atom is 0.347 e. The van der Waals surface area contributed by atoms with Gasteiger partial charge in [-0.05, 0) is 43.7 Å². The van der Waals surface area contributed by atoms with Gasteiger partial charge in [0.15, 0.2) is 22.9 Å². The van der Waals surface area contributed by atoms with Crippen molar-refractivity contribution in [3.63, 3.8) is 0 Å². The molecule has 7 nitrogen and oxygen atoms in total. The second-order valence-electron chi connectivity index (χ2n) is 6.41. The zero-order chi connectivity index (χ0) is 20.4. The second kappa shape index (κ2) is 7.63. The molecule has 2 N–H and O–H groups in total.